The van der Waals surface area contributed by atoms with Crippen molar-refractivity contribution in [3.63, 3.8) is 0 Å². The van der Waals surface area contributed by atoms with Gasteiger partial charge in [0.25, 0.3) is 0 Å². The van der Waals surface area contributed by atoms with Crippen LogP contribution in [0.15, 0.2) is 30.0 Å². The average molecular weight is 312 g/mol. The molecule has 104 valence electrons. The standard InChI is InChI=1S/C13H11Cl2NO.CO2/c1-3-10(16-2)6-4-5-9-7-11(14)13(17)12(15)8-9;2-1-3/h4-8,17H,3H2,1H3;. The molecule has 0 spiro atoms. The topological polar surface area (TPSA) is 58.7 Å². The summed E-state index contributed by atoms with van der Waals surface area (Å²) in [5, 5.41) is 9.80. The molecule has 20 heavy (non-hydrogen) atoms. The second-order valence-electron chi connectivity index (χ2n) is 3.40. The third kappa shape index (κ3) is 6.21. The van der Waals surface area contributed by atoms with Gasteiger partial charge in [-0.25, -0.2) is 4.85 Å². The molecule has 0 aliphatic heterocycles. The lowest BCUT2D eigenvalue weighted by Gasteiger charge is -2.01. The molecule has 0 heterocycles. The van der Waals surface area contributed by atoms with Gasteiger partial charge >= 0.3 is 6.15 Å². The maximum absolute atomic E-state index is 9.38. The van der Waals surface area contributed by atoms with E-state index in [0.717, 1.165) is 5.56 Å². The molecule has 0 saturated carbocycles. The lowest BCUT2D eigenvalue weighted by Crippen LogP contribution is -1.76. The van der Waals surface area contributed by atoms with Gasteiger partial charge < -0.3 is 5.11 Å². The van der Waals surface area contributed by atoms with Crippen LogP contribution in [0, 0.1) is 6.57 Å². The summed E-state index contributed by atoms with van der Waals surface area (Å²) in [4.78, 5) is 19.6. The third-order valence-electron chi connectivity index (χ3n) is 2.12. The van der Waals surface area contributed by atoms with E-state index in [-0.39, 0.29) is 21.9 Å². The summed E-state index contributed by atoms with van der Waals surface area (Å²) in [6, 6.07) is 3.22. The van der Waals surface area contributed by atoms with Crippen molar-refractivity contribution in [3.05, 3.63) is 57.0 Å². The Kier molecular flexibility index (Phi) is 8.82. The Hall–Kier alpha value is -2.05. The summed E-state index contributed by atoms with van der Waals surface area (Å²) in [6.45, 7) is 8.81. The van der Waals surface area contributed by atoms with E-state index in [4.69, 9.17) is 39.4 Å². The number of rotatable bonds is 3. The van der Waals surface area contributed by atoms with Gasteiger partial charge in [-0.1, -0.05) is 48.4 Å². The first-order valence-electron chi connectivity index (χ1n) is 5.42. The van der Waals surface area contributed by atoms with Gasteiger partial charge in [-0.05, 0) is 24.1 Å². The first-order chi connectivity index (χ1) is 9.49. The molecule has 1 N–H and O–H groups in total. The molecule has 0 saturated heterocycles. The number of phenolic OH excluding ortho intramolecular Hbond substituents is 1. The van der Waals surface area contributed by atoms with Crippen molar-refractivity contribution < 1.29 is 14.7 Å². The van der Waals surface area contributed by atoms with E-state index in [9.17, 15) is 5.11 Å². The van der Waals surface area contributed by atoms with Crippen LogP contribution in [0.25, 0.3) is 10.9 Å². The molecule has 4 nitrogen and oxygen atoms in total. The number of phenols is 1. The molecule has 1 rings (SSSR count). The van der Waals surface area contributed by atoms with Crippen LogP contribution >= 0.6 is 23.2 Å². The Morgan fingerprint density at radius 2 is 1.90 bits per heavy atom. The molecular weight excluding hydrogens is 301 g/mol. The number of aromatic hydroxyl groups is 1. The highest BCUT2D eigenvalue weighted by Gasteiger charge is 2.04. The molecule has 0 amide bonds. The van der Waals surface area contributed by atoms with Crippen LogP contribution in [0.1, 0.15) is 18.9 Å². The quantitative estimate of drug-likeness (QED) is 0.667. The zero-order valence-electron chi connectivity index (χ0n) is 10.6. The molecule has 1 aromatic rings. The number of halogens is 2. The fourth-order valence-electron chi connectivity index (χ4n) is 1.19. The fourth-order valence-corrected chi connectivity index (χ4v) is 1.69. The SMILES string of the molecule is O=C=O.[C-]#[N+]C(=CC=Cc1cc(Cl)c(O)c(Cl)c1)CC. The van der Waals surface area contributed by atoms with Gasteiger partial charge in [0.2, 0.25) is 0 Å². The van der Waals surface area contributed by atoms with E-state index in [0.29, 0.717) is 12.1 Å². The monoisotopic (exact) mass is 311 g/mol. The minimum Gasteiger partial charge on any atom is -0.505 e. The summed E-state index contributed by atoms with van der Waals surface area (Å²) in [5.74, 6) is -0.114. The van der Waals surface area contributed by atoms with E-state index >= 15 is 0 Å². The molecular formula is C14H11Cl2NO3. The van der Waals surface area contributed by atoms with E-state index in [1.54, 1.807) is 30.4 Å². The maximum atomic E-state index is 9.38. The van der Waals surface area contributed by atoms with Crippen LogP contribution in [0.4, 0.5) is 0 Å². The second-order valence-corrected chi connectivity index (χ2v) is 4.21. The predicted octanol–water partition coefficient (Wildman–Crippen LogP) is 4.34. The molecule has 0 radical (unpaired) electrons. The van der Waals surface area contributed by atoms with E-state index in [2.05, 4.69) is 4.85 Å². The molecule has 0 bridgehead atoms. The van der Waals surface area contributed by atoms with Crippen molar-refractivity contribution in [3.8, 4) is 5.75 Å². The van der Waals surface area contributed by atoms with Crippen molar-refractivity contribution >= 4 is 35.4 Å². The first kappa shape index (κ1) is 17.9. The number of allylic oxidation sites excluding steroid dienone is 3. The number of hydrogen-bond donors (Lipinski definition) is 1. The van der Waals surface area contributed by atoms with Crippen LogP contribution in [-0.4, -0.2) is 11.3 Å². The Morgan fingerprint density at radius 3 is 2.30 bits per heavy atom. The van der Waals surface area contributed by atoms with E-state index in [1.165, 1.54) is 0 Å². The molecule has 1 aromatic carbocycles. The van der Waals surface area contributed by atoms with Gasteiger partial charge in [-0.15, -0.1) is 0 Å². The Morgan fingerprint density at radius 1 is 1.40 bits per heavy atom. The van der Waals surface area contributed by atoms with Crippen molar-refractivity contribution in [1.82, 2.24) is 0 Å². The number of nitrogens with zero attached hydrogens (tertiary/aromatic N) is 1. The van der Waals surface area contributed by atoms with E-state index < -0.39 is 0 Å². The van der Waals surface area contributed by atoms with Crippen LogP contribution in [-0.2, 0) is 9.59 Å². The highest BCUT2D eigenvalue weighted by atomic mass is 35.5. The van der Waals surface area contributed by atoms with Gasteiger partial charge in [-0.3, -0.25) is 0 Å². The average Bonchev–Trinajstić information content (AvgIpc) is 2.42. The van der Waals surface area contributed by atoms with Gasteiger partial charge in [0, 0.05) is 0 Å². The lowest BCUT2D eigenvalue weighted by molar-refractivity contribution is -0.191. The molecule has 0 atom stereocenters. The third-order valence-corrected chi connectivity index (χ3v) is 2.70. The minimum atomic E-state index is -0.114. The summed E-state index contributed by atoms with van der Waals surface area (Å²) >= 11 is 11.6. The highest BCUT2D eigenvalue weighted by molar-refractivity contribution is 6.37. The molecule has 0 aliphatic carbocycles. The summed E-state index contributed by atoms with van der Waals surface area (Å²) < 4.78 is 0. The molecule has 0 aromatic heterocycles. The van der Waals surface area contributed by atoms with Crippen molar-refractivity contribution in [2.45, 2.75) is 13.3 Å². The summed E-state index contributed by atoms with van der Waals surface area (Å²) in [6.07, 6.45) is 6.22. The normalized spacial score (nSPS) is 10.4. The smallest absolute Gasteiger partial charge is 0.373 e. The molecule has 0 fully saturated rings. The van der Waals surface area contributed by atoms with Gasteiger partial charge in [-0.2, -0.15) is 9.59 Å². The highest BCUT2D eigenvalue weighted by Crippen LogP contribution is 2.33. The van der Waals surface area contributed by atoms with Gasteiger partial charge in [0.05, 0.1) is 16.6 Å². The summed E-state index contributed by atoms with van der Waals surface area (Å²) in [7, 11) is 0. The van der Waals surface area contributed by atoms with Crippen LogP contribution in [0.5, 0.6) is 5.75 Å². The lowest BCUT2D eigenvalue weighted by atomic mass is 10.2. The largest absolute Gasteiger partial charge is 0.505 e. The summed E-state index contributed by atoms with van der Waals surface area (Å²) in [5.41, 5.74) is 1.45. The molecule has 6 heteroatoms. The maximum Gasteiger partial charge on any atom is 0.373 e. The van der Waals surface area contributed by atoms with Crippen LogP contribution in [0.3, 0.4) is 0 Å². The van der Waals surface area contributed by atoms with Crippen molar-refractivity contribution in [2.24, 2.45) is 0 Å². The number of carbonyl (C=O) groups excluding carboxylic acids is 2. The second kappa shape index (κ2) is 9.82. The first-order valence-corrected chi connectivity index (χ1v) is 6.17. The molecule has 0 unspecified atom stereocenters. The fraction of sp³-hybridized carbons (Fsp3) is 0.143. The zero-order valence-corrected chi connectivity index (χ0v) is 12.1. The predicted molar refractivity (Wildman–Crippen MR) is 77.1 cm³/mol. The zero-order chi connectivity index (χ0) is 15.5. The van der Waals surface area contributed by atoms with Crippen molar-refractivity contribution in [1.29, 1.82) is 0 Å². The van der Waals surface area contributed by atoms with Gasteiger partial charge in [0.1, 0.15) is 0 Å². The number of hydrogen-bond acceptors (Lipinski definition) is 3. The minimum absolute atomic E-state index is 0.114. The van der Waals surface area contributed by atoms with Crippen LogP contribution in [0.2, 0.25) is 10.0 Å². The Bertz CT molecular complexity index is 572. The van der Waals surface area contributed by atoms with Crippen LogP contribution < -0.4 is 0 Å². The van der Waals surface area contributed by atoms with E-state index in [1.807, 2.05) is 6.92 Å². The molecule has 0 aliphatic rings. The van der Waals surface area contributed by atoms with Crippen molar-refractivity contribution in [2.75, 3.05) is 0 Å². The Balaban J connectivity index is 0.00000110. The Labute approximate surface area is 126 Å². The van der Waals surface area contributed by atoms with Gasteiger partial charge in [0.15, 0.2) is 11.4 Å². The number of benzene rings is 1.